The second-order valence-corrected chi connectivity index (χ2v) is 7.60. The fourth-order valence-corrected chi connectivity index (χ4v) is 3.71. The number of aromatic hydroxyl groups is 1. The summed E-state index contributed by atoms with van der Waals surface area (Å²) in [5.41, 5.74) is 2.14. The van der Waals surface area contributed by atoms with Crippen molar-refractivity contribution in [2.45, 2.75) is 46.1 Å². The molecule has 1 heterocycles. The lowest BCUT2D eigenvalue weighted by molar-refractivity contribution is 0.253. The third-order valence-corrected chi connectivity index (χ3v) is 5.45. The van der Waals surface area contributed by atoms with Crippen LogP contribution in [0.3, 0.4) is 0 Å². The van der Waals surface area contributed by atoms with E-state index >= 15 is 0 Å². The number of para-hydroxylation sites is 1. The molecule has 0 amide bonds. The number of phenolic OH excluding ortho intramolecular Hbond substituents is 1. The van der Waals surface area contributed by atoms with E-state index in [2.05, 4.69) is 18.7 Å². The number of benzene rings is 2. The van der Waals surface area contributed by atoms with Crippen LogP contribution in [0.4, 0.5) is 0 Å². The Morgan fingerprint density at radius 3 is 2.37 bits per heavy atom. The maximum Gasteiger partial charge on any atom is 0.200 e. The van der Waals surface area contributed by atoms with Gasteiger partial charge in [0.1, 0.15) is 23.3 Å². The van der Waals surface area contributed by atoms with Crippen molar-refractivity contribution in [1.82, 2.24) is 4.90 Å². The number of ether oxygens (including phenoxy) is 1. The van der Waals surface area contributed by atoms with Crippen LogP contribution >= 0.6 is 0 Å². The molecule has 0 aliphatic heterocycles. The molecule has 0 radical (unpaired) electrons. The van der Waals surface area contributed by atoms with E-state index < -0.39 is 0 Å². The Morgan fingerprint density at radius 1 is 1.00 bits per heavy atom. The van der Waals surface area contributed by atoms with Crippen LogP contribution in [-0.4, -0.2) is 30.2 Å². The molecular weight excluding hydrogens is 378 g/mol. The Balaban J connectivity index is 2.05. The van der Waals surface area contributed by atoms with Gasteiger partial charge in [0, 0.05) is 12.1 Å². The van der Waals surface area contributed by atoms with Crippen LogP contribution in [0.25, 0.3) is 22.1 Å². The van der Waals surface area contributed by atoms with Crippen LogP contribution in [0.15, 0.2) is 51.9 Å². The summed E-state index contributed by atoms with van der Waals surface area (Å²) in [4.78, 5) is 15.6. The van der Waals surface area contributed by atoms with Crippen LogP contribution in [0.5, 0.6) is 11.5 Å². The molecule has 160 valence electrons. The highest BCUT2D eigenvalue weighted by Gasteiger charge is 2.18. The Kier molecular flexibility index (Phi) is 7.52. The summed E-state index contributed by atoms with van der Waals surface area (Å²) in [6.07, 6.45) is 5.89. The molecule has 0 aliphatic carbocycles. The smallest absolute Gasteiger partial charge is 0.200 e. The highest BCUT2D eigenvalue weighted by Crippen LogP contribution is 2.32. The van der Waals surface area contributed by atoms with Crippen molar-refractivity contribution in [3.05, 3.63) is 58.4 Å². The second-order valence-electron chi connectivity index (χ2n) is 7.60. The average Bonchev–Trinajstić information content (AvgIpc) is 2.77. The van der Waals surface area contributed by atoms with Crippen molar-refractivity contribution < 1.29 is 14.3 Å². The van der Waals surface area contributed by atoms with Crippen LogP contribution < -0.4 is 10.2 Å². The number of hydrogen-bond acceptors (Lipinski definition) is 5. The van der Waals surface area contributed by atoms with E-state index in [9.17, 15) is 9.90 Å². The van der Waals surface area contributed by atoms with E-state index in [1.807, 2.05) is 24.3 Å². The standard InChI is InChI=1S/C25H31NO4/c1-4-6-14-26(15-7-5-2)16-20-22(27)13-12-19-24(28)21(17-30-25(19)20)18-10-8-9-11-23(18)29-3/h8-13,17,27H,4-7,14-16H2,1-3H3. The van der Waals surface area contributed by atoms with E-state index in [0.717, 1.165) is 38.8 Å². The van der Waals surface area contributed by atoms with Crippen LogP contribution in [0, 0.1) is 0 Å². The summed E-state index contributed by atoms with van der Waals surface area (Å²) in [6.45, 7) is 6.81. The first-order valence-corrected chi connectivity index (χ1v) is 10.7. The maximum absolute atomic E-state index is 13.3. The zero-order valence-corrected chi connectivity index (χ0v) is 18.1. The van der Waals surface area contributed by atoms with Gasteiger partial charge in [0.05, 0.1) is 23.6 Å². The maximum atomic E-state index is 13.3. The molecule has 0 fully saturated rings. The Hall–Kier alpha value is -2.79. The van der Waals surface area contributed by atoms with Crippen LogP contribution in [0.2, 0.25) is 0 Å². The van der Waals surface area contributed by atoms with Gasteiger partial charge in [0.15, 0.2) is 0 Å². The lowest BCUT2D eigenvalue weighted by Crippen LogP contribution is -2.26. The van der Waals surface area contributed by atoms with Crippen molar-refractivity contribution >= 4 is 11.0 Å². The number of fused-ring (bicyclic) bond motifs is 1. The van der Waals surface area contributed by atoms with Crippen molar-refractivity contribution in [2.24, 2.45) is 0 Å². The first kappa shape index (κ1) is 21.9. The monoisotopic (exact) mass is 409 g/mol. The summed E-state index contributed by atoms with van der Waals surface area (Å²) >= 11 is 0. The Bertz CT molecular complexity index is 1030. The van der Waals surface area contributed by atoms with Gasteiger partial charge in [-0.25, -0.2) is 0 Å². The number of phenols is 1. The molecule has 0 atom stereocenters. The van der Waals surface area contributed by atoms with Crippen LogP contribution in [-0.2, 0) is 6.54 Å². The van der Waals surface area contributed by atoms with Gasteiger partial charge in [-0.15, -0.1) is 0 Å². The lowest BCUT2D eigenvalue weighted by Gasteiger charge is -2.23. The van der Waals surface area contributed by atoms with E-state index in [4.69, 9.17) is 9.15 Å². The highest BCUT2D eigenvalue weighted by atomic mass is 16.5. The zero-order chi connectivity index (χ0) is 21.5. The quantitative estimate of drug-likeness (QED) is 0.474. The summed E-state index contributed by atoms with van der Waals surface area (Å²) in [7, 11) is 1.58. The first-order chi connectivity index (χ1) is 14.6. The minimum Gasteiger partial charge on any atom is -0.507 e. The van der Waals surface area contributed by atoms with E-state index in [1.165, 1.54) is 6.26 Å². The second kappa shape index (κ2) is 10.3. The number of hydrogen-bond donors (Lipinski definition) is 1. The summed E-state index contributed by atoms with van der Waals surface area (Å²) in [6, 6.07) is 10.6. The molecule has 1 N–H and O–H groups in total. The largest absolute Gasteiger partial charge is 0.507 e. The molecule has 3 rings (SSSR count). The average molecular weight is 410 g/mol. The minimum absolute atomic E-state index is 0.129. The topological polar surface area (TPSA) is 62.9 Å². The predicted molar refractivity (Wildman–Crippen MR) is 121 cm³/mol. The molecule has 1 aromatic heterocycles. The zero-order valence-electron chi connectivity index (χ0n) is 18.1. The van der Waals surface area contributed by atoms with E-state index in [-0.39, 0.29) is 11.2 Å². The molecule has 0 aliphatic rings. The number of rotatable bonds is 10. The van der Waals surface area contributed by atoms with Gasteiger partial charge >= 0.3 is 0 Å². The van der Waals surface area contributed by atoms with Crippen LogP contribution in [0.1, 0.15) is 45.1 Å². The van der Waals surface area contributed by atoms with Crippen molar-refractivity contribution in [2.75, 3.05) is 20.2 Å². The van der Waals surface area contributed by atoms with Crippen molar-refractivity contribution in [3.63, 3.8) is 0 Å². The van der Waals surface area contributed by atoms with E-state index in [1.54, 1.807) is 19.2 Å². The highest BCUT2D eigenvalue weighted by molar-refractivity contribution is 5.86. The molecule has 30 heavy (non-hydrogen) atoms. The number of nitrogens with zero attached hydrogens (tertiary/aromatic N) is 1. The minimum atomic E-state index is -0.129. The van der Waals surface area contributed by atoms with E-state index in [0.29, 0.717) is 40.0 Å². The van der Waals surface area contributed by atoms with Gasteiger partial charge in [-0.2, -0.15) is 0 Å². The molecule has 0 spiro atoms. The van der Waals surface area contributed by atoms with Gasteiger partial charge in [-0.3, -0.25) is 9.69 Å². The Morgan fingerprint density at radius 2 is 1.70 bits per heavy atom. The SMILES string of the molecule is CCCCN(CCCC)Cc1c(O)ccc2c(=O)c(-c3ccccc3OC)coc12. The summed E-state index contributed by atoms with van der Waals surface area (Å²) in [5.74, 6) is 0.780. The van der Waals surface area contributed by atoms with Gasteiger partial charge in [0.25, 0.3) is 0 Å². The summed E-state index contributed by atoms with van der Waals surface area (Å²) < 4.78 is 11.4. The van der Waals surface area contributed by atoms with Gasteiger partial charge < -0.3 is 14.3 Å². The van der Waals surface area contributed by atoms with Crippen molar-refractivity contribution in [1.29, 1.82) is 0 Å². The molecule has 0 unspecified atom stereocenters. The van der Waals surface area contributed by atoms with Gasteiger partial charge in [-0.1, -0.05) is 44.9 Å². The normalized spacial score (nSPS) is 11.3. The molecule has 0 saturated carbocycles. The number of unbranched alkanes of at least 4 members (excludes halogenated alkanes) is 2. The molecular formula is C25H31NO4. The third kappa shape index (κ3) is 4.68. The molecule has 3 aromatic rings. The predicted octanol–water partition coefficient (Wildman–Crippen LogP) is 5.58. The molecule has 2 aromatic carbocycles. The molecule has 0 saturated heterocycles. The van der Waals surface area contributed by atoms with Gasteiger partial charge in [0.2, 0.25) is 5.43 Å². The fraction of sp³-hybridized carbons (Fsp3) is 0.400. The van der Waals surface area contributed by atoms with Crippen molar-refractivity contribution in [3.8, 4) is 22.6 Å². The lowest BCUT2D eigenvalue weighted by atomic mass is 10.0. The molecule has 0 bridgehead atoms. The first-order valence-electron chi connectivity index (χ1n) is 10.7. The Labute approximate surface area is 177 Å². The molecule has 5 nitrogen and oxygen atoms in total. The molecule has 5 heteroatoms. The number of methoxy groups -OCH3 is 1. The summed E-state index contributed by atoms with van der Waals surface area (Å²) in [5, 5.41) is 11.0. The van der Waals surface area contributed by atoms with Gasteiger partial charge in [-0.05, 0) is 44.1 Å². The third-order valence-electron chi connectivity index (χ3n) is 5.45. The fourth-order valence-electron chi connectivity index (χ4n) is 3.71.